The lowest BCUT2D eigenvalue weighted by Crippen LogP contribution is -2.93. The van der Waals surface area contributed by atoms with Crippen LogP contribution in [0.25, 0.3) is 0 Å². The van der Waals surface area contributed by atoms with Crippen LogP contribution in [0.15, 0.2) is 36.4 Å². The van der Waals surface area contributed by atoms with Crippen LogP contribution in [-0.2, 0) is 23.7 Å². The van der Waals surface area contributed by atoms with Crippen LogP contribution < -0.4 is 16.8 Å². The number of phenolic OH excluding ortho intramolecular Hbond substituents is 2. The number of quaternary nitrogens is 1. The number of anilines is 2. The van der Waals surface area contributed by atoms with Crippen LogP contribution in [0.3, 0.4) is 0 Å². The van der Waals surface area contributed by atoms with Gasteiger partial charge < -0.3 is 76.2 Å². The number of nitrogen functional groups attached to an aromatic ring is 2. The number of rotatable bonds is 10. The fraction of sp³-hybridized carbons (Fsp3) is 0.500. The van der Waals surface area contributed by atoms with Gasteiger partial charge in [0.05, 0.1) is 25.7 Å². The van der Waals surface area contributed by atoms with E-state index in [-0.39, 0.29) is 34.9 Å². The van der Waals surface area contributed by atoms with Crippen molar-refractivity contribution in [2.75, 3.05) is 38.3 Å². The SMILES string of the molecule is C[NH2+]C1[C@H](O)OC(COC(=O)c2cc(N)ccc2O)[C@H](O)[C@@H]1CO[C@@H]1OC(COC(=O)c2cc(N)ccc2O)[C@H](O)[C@H](O)C1O. The minimum absolute atomic E-state index is 0.185. The highest BCUT2D eigenvalue weighted by Gasteiger charge is 2.49. The molecule has 45 heavy (non-hydrogen) atoms. The molecule has 13 N–H and O–H groups in total. The van der Waals surface area contributed by atoms with Gasteiger partial charge in [-0.2, -0.15) is 0 Å². The zero-order valence-corrected chi connectivity index (χ0v) is 24.1. The number of aliphatic hydroxyl groups excluding tert-OH is 5. The molecule has 4 unspecified atom stereocenters. The van der Waals surface area contributed by atoms with Crippen molar-refractivity contribution in [1.29, 1.82) is 0 Å². The normalized spacial score (nSPS) is 31.7. The van der Waals surface area contributed by atoms with Gasteiger partial charge in [-0.05, 0) is 36.4 Å². The summed E-state index contributed by atoms with van der Waals surface area (Å²) in [5.74, 6) is -3.63. The Morgan fingerprint density at radius 2 is 1.27 bits per heavy atom. The number of likely N-dealkylation sites (N-methyl/N-ethyl adjacent to an activating group) is 1. The van der Waals surface area contributed by atoms with Gasteiger partial charge in [-0.1, -0.05) is 0 Å². The van der Waals surface area contributed by atoms with Crippen molar-refractivity contribution >= 4 is 23.3 Å². The Hall–Kier alpha value is -3.78. The number of ether oxygens (including phenoxy) is 5. The van der Waals surface area contributed by atoms with E-state index >= 15 is 0 Å². The zero-order valence-electron chi connectivity index (χ0n) is 24.1. The van der Waals surface area contributed by atoms with E-state index in [9.17, 15) is 45.3 Å². The summed E-state index contributed by atoms with van der Waals surface area (Å²) < 4.78 is 27.1. The van der Waals surface area contributed by atoms with Crippen LogP contribution in [0, 0.1) is 5.92 Å². The molecule has 0 saturated carbocycles. The number of nitrogens with two attached hydrogens (primary N) is 3. The molecule has 2 saturated heterocycles. The molecule has 0 spiro atoms. The van der Waals surface area contributed by atoms with E-state index in [0.29, 0.717) is 0 Å². The van der Waals surface area contributed by atoms with Crippen molar-refractivity contribution in [2.45, 2.75) is 55.2 Å². The molecule has 2 aromatic carbocycles. The average Bonchev–Trinajstić information content (AvgIpc) is 3.01. The van der Waals surface area contributed by atoms with Crippen LogP contribution in [-0.4, -0.2) is 130 Å². The maximum Gasteiger partial charge on any atom is 0.342 e. The van der Waals surface area contributed by atoms with Crippen molar-refractivity contribution < 1.29 is 74.3 Å². The molecule has 10 atom stereocenters. The first-order valence-corrected chi connectivity index (χ1v) is 14.0. The Labute approximate surface area is 256 Å². The molecular formula is C28H38N3O14+. The predicted octanol–water partition coefficient (Wildman–Crippen LogP) is -3.64. The largest absolute Gasteiger partial charge is 0.507 e. The molecule has 4 rings (SSSR count). The second-order valence-electron chi connectivity index (χ2n) is 10.7. The highest BCUT2D eigenvalue weighted by atomic mass is 16.7. The van der Waals surface area contributed by atoms with Crippen molar-refractivity contribution in [1.82, 2.24) is 0 Å². The van der Waals surface area contributed by atoms with Gasteiger partial charge >= 0.3 is 11.9 Å². The Bertz CT molecular complexity index is 1350. The molecule has 0 bridgehead atoms. The van der Waals surface area contributed by atoms with E-state index in [1.807, 2.05) is 0 Å². The molecular weight excluding hydrogens is 602 g/mol. The molecule has 2 aromatic rings. The topological polar surface area (TPSA) is 291 Å². The van der Waals surface area contributed by atoms with Gasteiger partial charge in [-0.15, -0.1) is 0 Å². The predicted molar refractivity (Wildman–Crippen MR) is 150 cm³/mol. The first kappa shape index (κ1) is 34.1. The smallest absolute Gasteiger partial charge is 0.342 e. The summed E-state index contributed by atoms with van der Waals surface area (Å²) in [6.07, 6.45) is -12.3. The van der Waals surface area contributed by atoms with E-state index in [0.717, 1.165) is 0 Å². The molecule has 2 fully saturated rings. The molecule has 0 aliphatic carbocycles. The lowest BCUT2D eigenvalue weighted by atomic mass is 9.87. The molecule has 2 aliphatic rings. The second kappa shape index (κ2) is 14.5. The number of hydrogen-bond donors (Lipinski definition) is 10. The minimum Gasteiger partial charge on any atom is -0.507 e. The fourth-order valence-corrected chi connectivity index (χ4v) is 5.13. The third-order valence-electron chi connectivity index (χ3n) is 7.70. The van der Waals surface area contributed by atoms with Gasteiger partial charge in [0.15, 0.2) is 6.29 Å². The van der Waals surface area contributed by atoms with Gasteiger partial charge in [-0.25, -0.2) is 9.59 Å². The summed E-state index contributed by atoms with van der Waals surface area (Å²) in [6.45, 7) is -1.52. The quantitative estimate of drug-likeness (QED) is 0.0680. The molecule has 2 aliphatic heterocycles. The molecule has 248 valence electrons. The first-order valence-electron chi connectivity index (χ1n) is 14.0. The highest BCUT2D eigenvalue weighted by Crippen LogP contribution is 2.29. The Balaban J connectivity index is 1.39. The number of hydrogen-bond acceptors (Lipinski definition) is 16. The van der Waals surface area contributed by atoms with Gasteiger partial charge in [0.1, 0.15) is 72.4 Å². The van der Waals surface area contributed by atoms with Gasteiger partial charge in [-0.3, -0.25) is 0 Å². The third-order valence-corrected chi connectivity index (χ3v) is 7.70. The summed E-state index contributed by atoms with van der Waals surface area (Å²) in [4.78, 5) is 25.0. The summed E-state index contributed by atoms with van der Waals surface area (Å²) in [6, 6.07) is 6.76. The summed E-state index contributed by atoms with van der Waals surface area (Å²) in [5.41, 5.74) is 11.2. The molecule has 0 radical (unpaired) electrons. The summed E-state index contributed by atoms with van der Waals surface area (Å²) in [5, 5.41) is 74.5. The highest BCUT2D eigenvalue weighted by molar-refractivity contribution is 5.94. The van der Waals surface area contributed by atoms with Crippen LogP contribution in [0.1, 0.15) is 20.7 Å². The van der Waals surface area contributed by atoms with Crippen LogP contribution in [0.5, 0.6) is 11.5 Å². The Kier molecular flexibility index (Phi) is 11.0. The molecule has 0 amide bonds. The van der Waals surface area contributed by atoms with E-state index < -0.39 is 92.1 Å². The maximum atomic E-state index is 12.5. The maximum absolute atomic E-state index is 12.5. The summed E-state index contributed by atoms with van der Waals surface area (Å²) in [7, 11) is 1.61. The zero-order chi connectivity index (χ0) is 33.0. The van der Waals surface area contributed by atoms with Gasteiger partial charge in [0.25, 0.3) is 0 Å². The third kappa shape index (κ3) is 7.72. The monoisotopic (exact) mass is 640 g/mol. The number of aromatic hydroxyl groups is 2. The molecule has 2 heterocycles. The number of benzene rings is 2. The van der Waals surface area contributed by atoms with Crippen molar-refractivity contribution in [2.24, 2.45) is 5.92 Å². The van der Waals surface area contributed by atoms with E-state index in [4.69, 9.17) is 35.2 Å². The number of esters is 2. The lowest BCUT2D eigenvalue weighted by molar-refractivity contribution is -0.694. The van der Waals surface area contributed by atoms with E-state index in [1.54, 1.807) is 12.4 Å². The van der Waals surface area contributed by atoms with Gasteiger partial charge in [0.2, 0.25) is 6.29 Å². The van der Waals surface area contributed by atoms with E-state index in [1.165, 1.54) is 36.4 Å². The Morgan fingerprint density at radius 1 is 0.756 bits per heavy atom. The molecule has 17 nitrogen and oxygen atoms in total. The number of phenols is 2. The molecule has 17 heteroatoms. The van der Waals surface area contributed by atoms with Crippen LogP contribution >= 0.6 is 0 Å². The van der Waals surface area contributed by atoms with Gasteiger partial charge in [0, 0.05) is 11.4 Å². The second-order valence-corrected chi connectivity index (χ2v) is 10.7. The van der Waals surface area contributed by atoms with E-state index in [2.05, 4.69) is 0 Å². The number of aliphatic hydroxyl groups is 5. The van der Waals surface area contributed by atoms with Crippen LogP contribution in [0.2, 0.25) is 0 Å². The Morgan fingerprint density at radius 3 is 1.78 bits per heavy atom. The average molecular weight is 641 g/mol. The lowest BCUT2D eigenvalue weighted by Gasteiger charge is -2.43. The van der Waals surface area contributed by atoms with Crippen molar-refractivity contribution in [3.8, 4) is 11.5 Å². The number of carbonyl (C=O) groups excluding carboxylic acids is 2. The van der Waals surface area contributed by atoms with Crippen molar-refractivity contribution in [3.05, 3.63) is 47.5 Å². The standard InChI is InChI=1S/C28H37N3O14/c1-31-20-15(21(34)18(44-27(20)40)9-41-25(38)13-6-11(29)2-4-16(13)32)8-43-28-24(37)23(36)22(35)19(45-28)10-42-26(39)14-7-12(30)3-5-17(14)33/h2-7,15,18-24,27-28,31-37,40H,8-10,29-30H2,1H3/p+1/t15-,18?,19?,20?,21-,22+,23+,24?,27-,28-/m1/s1. The first-order chi connectivity index (χ1) is 21.3. The number of carbonyl (C=O) groups is 2. The van der Waals surface area contributed by atoms with Crippen LogP contribution in [0.4, 0.5) is 11.4 Å². The molecule has 0 aromatic heterocycles. The minimum atomic E-state index is -1.79. The fourth-order valence-electron chi connectivity index (χ4n) is 5.13. The van der Waals surface area contributed by atoms with Crippen molar-refractivity contribution in [3.63, 3.8) is 0 Å². The summed E-state index contributed by atoms with van der Waals surface area (Å²) >= 11 is 0.